The number of hydrogen-bond acceptors (Lipinski definition) is 7. The number of aromatic hydroxyl groups is 1. The van der Waals surface area contributed by atoms with Gasteiger partial charge in [-0.15, -0.1) is 10.2 Å². The normalized spacial score (nSPS) is 12.7. The number of rotatable bonds is 4. The van der Waals surface area contributed by atoms with Crippen LogP contribution in [0.5, 0.6) is 5.75 Å². The van der Waals surface area contributed by atoms with Crippen molar-refractivity contribution in [3.63, 3.8) is 0 Å². The first kappa shape index (κ1) is 18.9. The van der Waals surface area contributed by atoms with Crippen molar-refractivity contribution in [2.45, 2.75) is 9.79 Å². The molecule has 0 radical (unpaired) electrons. The highest BCUT2D eigenvalue weighted by Gasteiger charge is 2.20. The summed E-state index contributed by atoms with van der Waals surface area (Å²) in [5.41, 5.74) is -0.314. The molecule has 140 valence electrons. The largest absolute Gasteiger partial charge is 0.506 e. The van der Waals surface area contributed by atoms with Crippen molar-refractivity contribution in [3.8, 4) is 5.75 Å². The standard InChI is InChI=1S/C16H12N2O7S2/c19-14-8-5-10-3-1-2-4-12(10)16(14)18-17-13-7-6-11(26(20,21)22)9-15(13)27(23,24)25/h1-9,19H,(H,20,21,22)(H,23,24,25). The van der Waals surface area contributed by atoms with Crippen molar-refractivity contribution in [1.29, 1.82) is 0 Å². The summed E-state index contributed by atoms with van der Waals surface area (Å²) in [5, 5.41) is 18.9. The monoisotopic (exact) mass is 408 g/mol. The van der Waals surface area contributed by atoms with E-state index in [4.69, 9.17) is 4.55 Å². The van der Waals surface area contributed by atoms with E-state index in [1.807, 2.05) is 0 Å². The molecule has 0 aromatic heterocycles. The number of fused-ring (bicyclic) bond motifs is 1. The van der Waals surface area contributed by atoms with Gasteiger partial charge < -0.3 is 5.11 Å². The fourth-order valence-corrected chi connectivity index (χ4v) is 3.63. The lowest BCUT2D eigenvalue weighted by Crippen LogP contribution is -2.03. The molecule has 0 saturated heterocycles. The van der Waals surface area contributed by atoms with Crippen molar-refractivity contribution in [3.05, 3.63) is 54.6 Å². The van der Waals surface area contributed by atoms with Crippen molar-refractivity contribution in [1.82, 2.24) is 0 Å². The predicted molar refractivity (Wildman–Crippen MR) is 95.9 cm³/mol. The third-order valence-corrected chi connectivity index (χ3v) is 5.38. The maximum atomic E-state index is 11.6. The van der Waals surface area contributed by atoms with Crippen LogP contribution in [0.25, 0.3) is 10.8 Å². The Kier molecular flexibility index (Phi) is 4.70. The second-order valence-electron chi connectivity index (χ2n) is 5.43. The summed E-state index contributed by atoms with van der Waals surface area (Å²) < 4.78 is 63.8. The average molecular weight is 408 g/mol. The summed E-state index contributed by atoms with van der Waals surface area (Å²) in [6, 6.07) is 12.4. The number of benzene rings is 3. The molecule has 11 heteroatoms. The molecule has 3 aromatic rings. The fraction of sp³-hybridized carbons (Fsp3) is 0. The first-order valence-electron chi connectivity index (χ1n) is 7.29. The van der Waals surface area contributed by atoms with Crippen LogP contribution < -0.4 is 0 Å². The lowest BCUT2D eigenvalue weighted by atomic mass is 10.1. The van der Waals surface area contributed by atoms with Crippen LogP contribution in [0.1, 0.15) is 0 Å². The van der Waals surface area contributed by atoms with Gasteiger partial charge in [0.2, 0.25) is 0 Å². The van der Waals surface area contributed by atoms with Gasteiger partial charge in [0, 0.05) is 5.39 Å². The maximum Gasteiger partial charge on any atom is 0.296 e. The average Bonchev–Trinajstić information content (AvgIpc) is 2.59. The van der Waals surface area contributed by atoms with E-state index in [2.05, 4.69) is 10.2 Å². The molecule has 3 rings (SSSR count). The van der Waals surface area contributed by atoms with Gasteiger partial charge in [0.1, 0.15) is 22.0 Å². The fourth-order valence-electron chi connectivity index (χ4n) is 2.40. The number of hydrogen-bond donors (Lipinski definition) is 3. The van der Waals surface area contributed by atoms with E-state index < -0.39 is 30.0 Å². The summed E-state index contributed by atoms with van der Waals surface area (Å²) in [7, 11) is -9.56. The van der Waals surface area contributed by atoms with Crippen LogP contribution in [0.2, 0.25) is 0 Å². The Morgan fingerprint density at radius 3 is 2.15 bits per heavy atom. The summed E-state index contributed by atoms with van der Waals surface area (Å²) in [4.78, 5) is -1.59. The zero-order chi connectivity index (χ0) is 19.8. The summed E-state index contributed by atoms with van der Waals surface area (Å²) >= 11 is 0. The molecule has 0 amide bonds. The van der Waals surface area contributed by atoms with Crippen molar-refractivity contribution < 1.29 is 31.0 Å². The van der Waals surface area contributed by atoms with Crippen LogP contribution >= 0.6 is 0 Å². The molecule has 0 bridgehead atoms. The Morgan fingerprint density at radius 1 is 0.778 bits per heavy atom. The number of azo groups is 1. The van der Waals surface area contributed by atoms with Gasteiger partial charge in [0.25, 0.3) is 20.2 Å². The summed E-state index contributed by atoms with van der Waals surface area (Å²) in [6.07, 6.45) is 0. The van der Waals surface area contributed by atoms with E-state index in [0.29, 0.717) is 11.5 Å². The first-order chi connectivity index (χ1) is 12.6. The highest BCUT2D eigenvalue weighted by molar-refractivity contribution is 7.86. The van der Waals surface area contributed by atoms with E-state index in [0.717, 1.165) is 17.5 Å². The lowest BCUT2D eigenvalue weighted by molar-refractivity contribution is 0.477. The molecule has 0 spiro atoms. The van der Waals surface area contributed by atoms with Crippen LogP contribution in [0.4, 0.5) is 11.4 Å². The number of phenols is 1. The molecule has 0 aliphatic heterocycles. The summed E-state index contributed by atoms with van der Waals surface area (Å²) in [5.74, 6) is -0.208. The zero-order valence-corrected chi connectivity index (χ0v) is 15.0. The van der Waals surface area contributed by atoms with Gasteiger partial charge in [-0.25, -0.2) is 0 Å². The van der Waals surface area contributed by atoms with Crippen molar-refractivity contribution in [2.75, 3.05) is 0 Å². The quantitative estimate of drug-likeness (QED) is 0.441. The van der Waals surface area contributed by atoms with E-state index >= 15 is 0 Å². The molecule has 0 saturated carbocycles. The highest BCUT2D eigenvalue weighted by Crippen LogP contribution is 2.37. The minimum absolute atomic E-state index is 0.0632. The number of nitrogens with zero attached hydrogens (tertiary/aromatic N) is 2. The van der Waals surface area contributed by atoms with Gasteiger partial charge in [0.05, 0.1) is 4.90 Å². The van der Waals surface area contributed by atoms with Crippen LogP contribution in [0.3, 0.4) is 0 Å². The molecule has 0 atom stereocenters. The first-order valence-corrected chi connectivity index (χ1v) is 10.2. The number of phenolic OH excluding ortho intramolecular Hbond substituents is 1. The van der Waals surface area contributed by atoms with E-state index in [1.165, 1.54) is 6.07 Å². The Labute approximate surface area is 154 Å². The topological polar surface area (TPSA) is 154 Å². The van der Waals surface area contributed by atoms with Gasteiger partial charge in [-0.1, -0.05) is 30.3 Å². The molecule has 0 fully saturated rings. The Morgan fingerprint density at radius 2 is 1.48 bits per heavy atom. The molecule has 3 aromatic carbocycles. The lowest BCUT2D eigenvalue weighted by Gasteiger charge is -2.06. The SMILES string of the molecule is O=S(=O)(O)c1ccc(N=Nc2c(O)ccc3ccccc23)c(S(=O)(=O)O)c1. The maximum absolute atomic E-state index is 11.6. The van der Waals surface area contributed by atoms with Gasteiger partial charge in [-0.2, -0.15) is 16.8 Å². The molecular formula is C16H12N2O7S2. The Balaban J connectivity index is 2.18. The van der Waals surface area contributed by atoms with Crippen LogP contribution in [0.15, 0.2) is 74.6 Å². The molecule has 27 heavy (non-hydrogen) atoms. The molecular weight excluding hydrogens is 396 g/mol. The van der Waals surface area contributed by atoms with Gasteiger partial charge in [-0.3, -0.25) is 9.11 Å². The molecule has 3 N–H and O–H groups in total. The molecule has 0 unspecified atom stereocenters. The Hall–Kier alpha value is -2.86. The van der Waals surface area contributed by atoms with Crippen molar-refractivity contribution >= 4 is 42.4 Å². The predicted octanol–water partition coefficient (Wildman–Crippen LogP) is 3.45. The molecule has 0 aliphatic rings. The summed E-state index contributed by atoms with van der Waals surface area (Å²) in [6.45, 7) is 0. The smallest absolute Gasteiger partial charge is 0.296 e. The molecule has 0 heterocycles. The molecule has 0 aliphatic carbocycles. The van der Waals surface area contributed by atoms with E-state index in [9.17, 15) is 26.5 Å². The van der Waals surface area contributed by atoms with E-state index in [1.54, 1.807) is 30.3 Å². The Bertz CT molecular complexity index is 1280. The van der Waals surface area contributed by atoms with Crippen LogP contribution in [-0.4, -0.2) is 31.0 Å². The van der Waals surface area contributed by atoms with Crippen LogP contribution in [-0.2, 0) is 20.2 Å². The van der Waals surface area contributed by atoms with E-state index in [-0.39, 0.29) is 17.1 Å². The third-order valence-electron chi connectivity index (χ3n) is 3.64. The second-order valence-corrected chi connectivity index (χ2v) is 8.25. The zero-order valence-electron chi connectivity index (χ0n) is 13.4. The third kappa shape index (κ3) is 3.95. The molecule has 9 nitrogen and oxygen atoms in total. The highest BCUT2D eigenvalue weighted by atomic mass is 32.2. The van der Waals surface area contributed by atoms with Crippen LogP contribution in [0, 0.1) is 0 Å². The van der Waals surface area contributed by atoms with Gasteiger partial charge >= 0.3 is 0 Å². The van der Waals surface area contributed by atoms with Crippen molar-refractivity contribution in [2.24, 2.45) is 10.2 Å². The minimum atomic E-state index is -4.87. The van der Waals surface area contributed by atoms with Gasteiger partial charge in [0.15, 0.2) is 0 Å². The second kappa shape index (κ2) is 6.70. The minimum Gasteiger partial charge on any atom is -0.506 e. The van der Waals surface area contributed by atoms with Gasteiger partial charge in [-0.05, 0) is 29.7 Å².